The van der Waals surface area contributed by atoms with Crippen LogP contribution in [0, 0.1) is 13.8 Å². The van der Waals surface area contributed by atoms with Gasteiger partial charge in [0.1, 0.15) is 5.69 Å². The summed E-state index contributed by atoms with van der Waals surface area (Å²) in [5.41, 5.74) is 3.31. The number of carbonyl (C=O) groups is 2. The molecule has 0 unspecified atom stereocenters. The van der Waals surface area contributed by atoms with Gasteiger partial charge in [0.05, 0.1) is 18.4 Å². The molecule has 0 bridgehead atoms. The van der Waals surface area contributed by atoms with Gasteiger partial charge >= 0.3 is 11.9 Å². The summed E-state index contributed by atoms with van der Waals surface area (Å²) in [7, 11) is 1.32. The highest BCUT2D eigenvalue weighted by atomic mass is 16.5. The Morgan fingerprint density at radius 3 is 2.45 bits per heavy atom. The fourth-order valence-corrected chi connectivity index (χ4v) is 2.03. The maximum atomic E-state index is 11.7. The molecule has 0 aliphatic carbocycles. The van der Waals surface area contributed by atoms with E-state index >= 15 is 0 Å². The molecular formula is C14H14N2O4. The third kappa shape index (κ3) is 2.40. The average molecular weight is 274 g/mol. The van der Waals surface area contributed by atoms with Gasteiger partial charge in [-0.1, -0.05) is 6.07 Å². The lowest BCUT2D eigenvalue weighted by molar-refractivity contribution is 0.0599. The molecular weight excluding hydrogens is 260 g/mol. The van der Waals surface area contributed by atoms with Crippen molar-refractivity contribution in [2.45, 2.75) is 13.8 Å². The van der Waals surface area contributed by atoms with E-state index in [0.717, 1.165) is 11.1 Å². The molecule has 0 radical (unpaired) electrons. The maximum absolute atomic E-state index is 11.7. The van der Waals surface area contributed by atoms with E-state index in [-0.39, 0.29) is 5.69 Å². The van der Waals surface area contributed by atoms with Crippen LogP contribution in [-0.2, 0) is 4.74 Å². The Labute approximate surface area is 115 Å². The molecule has 0 saturated carbocycles. The molecule has 2 N–H and O–H groups in total. The van der Waals surface area contributed by atoms with Gasteiger partial charge in [-0.25, -0.2) is 9.59 Å². The van der Waals surface area contributed by atoms with Crippen LogP contribution in [0.3, 0.4) is 0 Å². The lowest BCUT2D eigenvalue weighted by Gasteiger charge is -2.09. The smallest absolute Gasteiger partial charge is 0.353 e. The number of nitrogens with one attached hydrogen (secondary N) is 1. The molecule has 104 valence electrons. The molecule has 2 aromatic rings. The number of aryl methyl sites for hydroxylation is 2. The Hall–Kier alpha value is -2.63. The number of hydrogen-bond donors (Lipinski definition) is 2. The van der Waals surface area contributed by atoms with Crippen molar-refractivity contribution in [3.63, 3.8) is 0 Å². The molecule has 0 spiro atoms. The molecule has 1 heterocycles. The zero-order chi connectivity index (χ0) is 14.9. The number of rotatable bonds is 3. The Morgan fingerprint density at radius 1 is 1.20 bits per heavy atom. The third-order valence-electron chi connectivity index (χ3n) is 3.06. The van der Waals surface area contributed by atoms with Crippen molar-refractivity contribution in [2.24, 2.45) is 0 Å². The predicted octanol–water partition coefficient (Wildman–Crippen LogP) is 2.18. The highest BCUT2D eigenvalue weighted by molar-refractivity contribution is 5.93. The van der Waals surface area contributed by atoms with E-state index in [4.69, 9.17) is 9.84 Å². The predicted molar refractivity (Wildman–Crippen MR) is 71.8 cm³/mol. The number of H-pyrrole nitrogens is 1. The molecule has 0 saturated heterocycles. The number of carbonyl (C=O) groups excluding carboxylic acids is 1. The van der Waals surface area contributed by atoms with E-state index in [0.29, 0.717) is 16.8 Å². The van der Waals surface area contributed by atoms with Gasteiger partial charge in [-0.3, -0.25) is 5.10 Å². The summed E-state index contributed by atoms with van der Waals surface area (Å²) in [6, 6.07) is 4.94. The summed E-state index contributed by atoms with van der Waals surface area (Å²) >= 11 is 0. The minimum absolute atomic E-state index is 0.000377. The first-order chi connectivity index (χ1) is 9.43. The summed E-state index contributed by atoms with van der Waals surface area (Å²) in [4.78, 5) is 22.6. The van der Waals surface area contributed by atoms with Crippen LogP contribution in [0.15, 0.2) is 18.2 Å². The molecule has 6 nitrogen and oxygen atoms in total. The second-order valence-corrected chi connectivity index (χ2v) is 4.45. The number of hydrogen-bond acceptors (Lipinski definition) is 4. The summed E-state index contributed by atoms with van der Waals surface area (Å²) in [6.07, 6.45) is 0. The highest BCUT2D eigenvalue weighted by Crippen LogP contribution is 2.26. The Balaban J connectivity index is 2.55. The minimum Gasteiger partial charge on any atom is -0.477 e. The van der Waals surface area contributed by atoms with Gasteiger partial charge in [0.15, 0.2) is 0 Å². The number of ether oxygens (including phenoxy) is 1. The summed E-state index contributed by atoms with van der Waals surface area (Å²) in [5.74, 6) is -1.51. The minimum atomic E-state index is -1.08. The van der Waals surface area contributed by atoms with E-state index in [2.05, 4.69) is 10.2 Å². The van der Waals surface area contributed by atoms with Crippen molar-refractivity contribution in [1.82, 2.24) is 10.2 Å². The van der Waals surface area contributed by atoms with Crippen LogP contribution in [0.5, 0.6) is 0 Å². The molecule has 1 aromatic heterocycles. The van der Waals surface area contributed by atoms with Gasteiger partial charge in [0.2, 0.25) is 0 Å². The van der Waals surface area contributed by atoms with Crippen LogP contribution >= 0.6 is 0 Å². The second-order valence-electron chi connectivity index (χ2n) is 4.45. The van der Waals surface area contributed by atoms with Crippen LogP contribution in [-0.4, -0.2) is 34.4 Å². The Bertz CT molecular complexity index is 688. The largest absolute Gasteiger partial charge is 0.477 e. The molecule has 0 fully saturated rings. The van der Waals surface area contributed by atoms with Gasteiger partial charge < -0.3 is 9.84 Å². The molecule has 2 rings (SSSR count). The van der Waals surface area contributed by atoms with E-state index < -0.39 is 11.9 Å². The fraction of sp³-hybridized carbons (Fsp3) is 0.214. The molecule has 6 heteroatoms. The number of nitrogens with zero attached hydrogens (tertiary/aromatic N) is 1. The van der Waals surface area contributed by atoms with E-state index in [1.807, 2.05) is 19.9 Å². The number of carboxylic acid groups (broad SMARTS) is 1. The van der Waals surface area contributed by atoms with Crippen LogP contribution in [0.1, 0.15) is 32.0 Å². The Kier molecular flexibility index (Phi) is 3.56. The molecule has 20 heavy (non-hydrogen) atoms. The maximum Gasteiger partial charge on any atom is 0.353 e. The van der Waals surface area contributed by atoms with E-state index in [1.165, 1.54) is 13.2 Å². The fourth-order valence-electron chi connectivity index (χ4n) is 2.03. The molecule has 0 aliphatic rings. The zero-order valence-corrected chi connectivity index (χ0v) is 11.4. The molecule has 0 aliphatic heterocycles. The average Bonchev–Trinajstić information content (AvgIpc) is 2.87. The van der Waals surface area contributed by atoms with Crippen LogP contribution in [0.25, 0.3) is 11.3 Å². The van der Waals surface area contributed by atoms with Crippen LogP contribution in [0.2, 0.25) is 0 Å². The zero-order valence-electron chi connectivity index (χ0n) is 11.4. The number of aromatic amines is 1. The first-order valence-corrected chi connectivity index (χ1v) is 5.92. The monoisotopic (exact) mass is 274 g/mol. The van der Waals surface area contributed by atoms with Crippen molar-refractivity contribution in [2.75, 3.05) is 7.11 Å². The van der Waals surface area contributed by atoms with Gasteiger partial charge in [0.25, 0.3) is 0 Å². The lowest BCUT2D eigenvalue weighted by Crippen LogP contribution is -2.05. The van der Waals surface area contributed by atoms with Gasteiger partial charge in [0, 0.05) is 5.56 Å². The highest BCUT2D eigenvalue weighted by Gasteiger charge is 2.16. The quantitative estimate of drug-likeness (QED) is 0.837. The van der Waals surface area contributed by atoms with Gasteiger partial charge in [-0.15, -0.1) is 0 Å². The topological polar surface area (TPSA) is 92.3 Å². The number of aromatic carboxylic acids is 1. The molecule has 1 aromatic carbocycles. The summed E-state index contributed by atoms with van der Waals surface area (Å²) < 4.78 is 4.73. The first-order valence-electron chi connectivity index (χ1n) is 5.92. The number of esters is 1. The lowest BCUT2D eigenvalue weighted by atomic mass is 9.98. The van der Waals surface area contributed by atoms with Gasteiger partial charge in [-0.05, 0) is 37.1 Å². The molecule has 0 amide bonds. The second kappa shape index (κ2) is 5.16. The van der Waals surface area contributed by atoms with Crippen molar-refractivity contribution in [3.8, 4) is 11.3 Å². The van der Waals surface area contributed by atoms with Crippen molar-refractivity contribution in [3.05, 3.63) is 40.6 Å². The Morgan fingerprint density at radius 2 is 1.90 bits per heavy atom. The van der Waals surface area contributed by atoms with E-state index in [1.54, 1.807) is 6.07 Å². The summed E-state index contributed by atoms with van der Waals surface area (Å²) in [5, 5.41) is 15.3. The third-order valence-corrected chi connectivity index (χ3v) is 3.06. The standard InChI is InChI=1S/C14H14N2O4/c1-7-4-8(2)10(14(19)20-3)5-9(7)11-6-12(13(17)18)16-15-11/h4-6H,1-3H3,(H,15,16)(H,17,18). The molecule has 0 atom stereocenters. The number of aromatic nitrogens is 2. The SMILES string of the molecule is COC(=O)c1cc(-c2cc(C(=O)O)[nH]n2)c(C)cc1C. The first kappa shape index (κ1) is 13.8. The number of carboxylic acids is 1. The van der Waals surface area contributed by atoms with Crippen LogP contribution < -0.4 is 0 Å². The van der Waals surface area contributed by atoms with Crippen molar-refractivity contribution in [1.29, 1.82) is 0 Å². The van der Waals surface area contributed by atoms with E-state index in [9.17, 15) is 9.59 Å². The van der Waals surface area contributed by atoms with Crippen molar-refractivity contribution < 1.29 is 19.4 Å². The summed E-state index contributed by atoms with van der Waals surface area (Å²) in [6.45, 7) is 3.69. The number of benzene rings is 1. The van der Waals surface area contributed by atoms with Crippen LogP contribution in [0.4, 0.5) is 0 Å². The number of methoxy groups -OCH3 is 1. The van der Waals surface area contributed by atoms with Crippen molar-refractivity contribution >= 4 is 11.9 Å². The van der Waals surface area contributed by atoms with Gasteiger partial charge in [-0.2, -0.15) is 5.10 Å². The normalized spacial score (nSPS) is 10.3.